The lowest BCUT2D eigenvalue weighted by Crippen LogP contribution is -2.32. The quantitative estimate of drug-likeness (QED) is 0.750. The maximum atomic E-state index is 12.5. The average Bonchev–Trinajstić information content (AvgIpc) is 3.01. The molecule has 5 nitrogen and oxygen atoms in total. The van der Waals surface area contributed by atoms with E-state index in [2.05, 4.69) is 0 Å². The van der Waals surface area contributed by atoms with Gasteiger partial charge in [0.2, 0.25) is 0 Å². The summed E-state index contributed by atoms with van der Waals surface area (Å²) >= 11 is 0. The van der Waals surface area contributed by atoms with Gasteiger partial charge in [0.15, 0.2) is 0 Å². The van der Waals surface area contributed by atoms with E-state index in [4.69, 9.17) is 14.2 Å². The van der Waals surface area contributed by atoms with Crippen molar-refractivity contribution in [3.05, 3.63) is 70.8 Å². The fourth-order valence-electron chi connectivity index (χ4n) is 3.08. The largest absolute Gasteiger partial charge is 0.459 e. The van der Waals surface area contributed by atoms with E-state index in [1.807, 2.05) is 39.0 Å². The Hall–Kier alpha value is -2.66. The Morgan fingerprint density at radius 1 is 1.00 bits per heavy atom. The van der Waals surface area contributed by atoms with Gasteiger partial charge in [0, 0.05) is 6.42 Å². The van der Waals surface area contributed by atoms with Gasteiger partial charge in [-0.3, -0.25) is 0 Å². The first-order valence-electron chi connectivity index (χ1n) is 9.10. The van der Waals surface area contributed by atoms with Crippen LogP contribution in [0.4, 0.5) is 0 Å². The number of carbonyl (C=O) groups is 2. The third-order valence-electron chi connectivity index (χ3n) is 4.78. The SMILES string of the molecule is Cc1ccc(C(=O)O[C@H]2C[C@H](C)O[C@@H]2COC(=O)c2ccccc2)cc1C. The summed E-state index contributed by atoms with van der Waals surface area (Å²) in [5.41, 5.74) is 3.15. The molecule has 2 aromatic rings. The molecule has 3 atom stereocenters. The first-order chi connectivity index (χ1) is 12.9. The molecule has 0 aliphatic carbocycles. The molecule has 0 bridgehead atoms. The zero-order valence-corrected chi connectivity index (χ0v) is 15.8. The molecule has 1 aliphatic heterocycles. The molecule has 0 spiro atoms. The van der Waals surface area contributed by atoms with E-state index >= 15 is 0 Å². The van der Waals surface area contributed by atoms with Gasteiger partial charge < -0.3 is 14.2 Å². The summed E-state index contributed by atoms with van der Waals surface area (Å²) in [6.45, 7) is 5.91. The van der Waals surface area contributed by atoms with Crippen LogP contribution in [0.25, 0.3) is 0 Å². The van der Waals surface area contributed by atoms with Crippen LogP contribution in [0.2, 0.25) is 0 Å². The molecule has 2 aromatic carbocycles. The smallest absolute Gasteiger partial charge is 0.338 e. The average molecular weight is 368 g/mol. The number of hydrogen-bond acceptors (Lipinski definition) is 5. The molecule has 27 heavy (non-hydrogen) atoms. The third-order valence-corrected chi connectivity index (χ3v) is 4.78. The van der Waals surface area contributed by atoms with Gasteiger partial charge in [-0.1, -0.05) is 24.3 Å². The molecule has 1 saturated heterocycles. The van der Waals surface area contributed by atoms with Gasteiger partial charge in [-0.05, 0) is 56.2 Å². The van der Waals surface area contributed by atoms with Crippen LogP contribution in [0.3, 0.4) is 0 Å². The van der Waals surface area contributed by atoms with Gasteiger partial charge in [-0.2, -0.15) is 0 Å². The molecule has 0 N–H and O–H groups in total. The highest BCUT2D eigenvalue weighted by Crippen LogP contribution is 2.25. The molecule has 0 aromatic heterocycles. The second kappa shape index (κ2) is 8.35. The van der Waals surface area contributed by atoms with Crippen molar-refractivity contribution < 1.29 is 23.8 Å². The van der Waals surface area contributed by atoms with Crippen LogP contribution in [0, 0.1) is 13.8 Å². The van der Waals surface area contributed by atoms with Crippen LogP contribution in [0.1, 0.15) is 45.2 Å². The van der Waals surface area contributed by atoms with Crippen molar-refractivity contribution in [2.24, 2.45) is 0 Å². The lowest BCUT2D eigenvalue weighted by atomic mass is 10.1. The van der Waals surface area contributed by atoms with Crippen molar-refractivity contribution in [3.8, 4) is 0 Å². The van der Waals surface area contributed by atoms with E-state index in [9.17, 15) is 9.59 Å². The molecular weight excluding hydrogens is 344 g/mol. The fraction of sp³-hybridized carbons (Fsp3) is 0.364. The van der Waals surface area contributed by atoms with Crippen molar-refractivity contribution in [3.63, 3.8) is 0 Å². The van der Waals surface area contributed by atoms with Gasteiger partial charge in [0.1, 0.15) is 18.8 Å². The zero-order chi connectivity index (χ0) is 19.4. The highest BCUT2D eigenvalue weighted by molar-refractivity contribution is 5.90. The van der Waals surface area contributed by atoms with Crippen molar-refractivity contribution in [2.45, 2.75) is 45.5 Å². The second-order valence-electron chi connectivity index (χ2n) is 6.93. The maximum Gasteiger partial charge on any atom is 0.338 e. The number of aryl methyl sites for hydroxylation is 2. The molecule has 0 amide bonds. The molecule has 0 unspecified atom stereocenters. The Kier molecular flexibility index (Phi) is 5.91. The summed E-state index contributed by atoms with van der Waals surface area (Å²) in [5, 5.41) is 0. The van der Waals surface area contributed by atoms with Crippen molar-refractivity contribution in [2.75, 3.05) is 6.61 Å². The minimum absolute atomic E-state index is 0.0446. The molecule has 1 fully saturated rings. The van der Waals surface area contributed by atoms with Gasteiger partial charge in [-0.25, -0.2) is 9.59 Å². The van der Waals surface area contributed by atoms with E-state index < -0.39 is 18.2 Å². The van der Waals surface area contributed by atoms with Crippen LogP contribution < -0.4 is 0 Å². The van der Waals surface area contributed by atoms with Crippen LogP contribution in [-0.4, -0.2) is 36.9 Å². The molecule has 0 saturated carbocycles. The van der Waals surface area contributed by atoms with Crippen molar-refractivity contribution in [1.29, 1.82) is 0 Å². The number of rotatable bonds is 5. The number of ether oxygens (including phenoxy) is 3. The molecule has 3 rings (SSSR count). The van der Waals surface area contributed by atoms with Gasteiger partial charge in [0.25, 0.3) is 0 Å². The molecule has 1 aliphatic rings. The molecule has 0 radical (unpaired) electrons. The van der Waals surface area contributed by atoms with E-state index in [1.54, 1.807) is 30.3 Å². The zero-order valence-electron chi connectivity index (χ0n) is 15.8. The minimum Gasteiger partial charge on any atom is -0.459 e. The number of esters is 2. The first kappa shape index (κ1) is 19.1. The Morgan fingerprint density at radius 3 is 2.44 bits per heavy atom. The highest BCUT2D eigenvalue weighted by atomic mass is 16.6. The van der Waals surface area contributed by atoms with Gasteiger partial charge in [0.05, 0.1) is 17.2 Å². The van der Waals surface area contributed by atoms with Crippen LogP contribution in [0.15, 0.2) is 48.5 Å². The van der Waals surface area contributed by atoms with Gasteiger partial charge in [-0.15, -0.1) is 0 Å². The predicted molar refractivity (Wildman–Crippen MR) is 101 cm³/mol. The molecule has 1 heterocycles. The normalized spacial score (nSPS) is 21.7. The lowest BCUT2D eigenvalue weighted by molar-refractivity contribution is -0.0394. The van der Waals surface area contributed by atoms with Crippen molar-refractivity contribution in [1.82, 2.24) is 0 Å². The Morgan fingerprint density at radius 2 is 1.74 bits per heavy atom. The Bertz CT molecular complexity index is 815. The van der Waals surface area contributed by atoms with Crippen molar-refractivity contribution >= 4 is 11.9 Å². The van der Waals surface area contributed by atoms with Gasteiger partial charge >= 0.3 is 11.9 Å². The predicted octanol–water partition coefficient (Wildman–Crippen LogP) is 3.86. The van der Waals surface area contributed by atoms with E-state index in [0.29, 0.717) is 17.5 Å². The Labute approximate surface area is 159 Å². The third kappa shape index (κ3) is 4.74. The van der Waals surface area contributed by atoms with E-state index in [1.165, 1.54) is 0 Å². The second-order valence-corrected chi connectivity index (χ2v) is 6.93. The monoisotopic (exact) mass is 368 g/mol. The van der Waals surface area contributed by atoms with E-state index in [0.717, 1.165) is 11.1 Å². The summed E-state index contributed by atoms with van der Waals surface area (Å²) < 4.78 is 16.8. The van der Waals surface area contributed by atoms with Crippen LogP contribution >= 0.6 is 0 Å². The molecular formula is C22H24O5. The number of carbonyl (C=O) groups excluding carboxylic acids is 2. The van der Waals surface area contributed by atoms with E-state index in [-0.39, 0.29) is 18.7 Å². The summed E-state index contributed by atoms with van der Waals surface area (Å²) in [6, 6.07) is 14.3. The Balaban J connectivity index is 1.61. The summed E-state index contributed by atoms with van der Waals surface area (Å²) in [4.78, 5) is 24.6. The summed E-state index contributed by atoms with van der Waals surface area (Å²) in [5.74, 6) is -0.807. The number of hydrogen-bond donors (Lipinski definition) is 0. The standard InChI is InChI=1S/C22H24O5/c1-14-9-10-18(11-15(14)2)22(24)27-19-12-16(3)26-20(19)13-25-21(23)17-7-5-4-6-8-17/h4-11,16,19-20H,12-13H2,1-3H3/t16-,19-,20+/m0/s1. The fourth-order valence-corrected chi connectivity index (χ4v) is 3.08. The number of benzene rings is 2. The van der Waals surface area contributed by atoms with Crippen LogP contribution in [-0.2, 0) is 14.2 Å². The molecule has 5 heteroatoms. The summed E-state index contributed by atoms with van der Waals surface area (Å²) in [7, 11) is 0. The highest BCUT2D eigenvalue weighted by Gasteiger charge is 2.37. The first-order valence-corrected chi connectivity index (χ1v) is 9.10. The summed E-state index contributed by atoms with van der Waals surface area (Å²) in [6.07, 6.45) is -0.409. The lowest BCUT2D eigenvalue weighted by Gasteiger charge is -2.19. The van der Waals surface area contributed by atoms with Crippen LogP contribution in [0.5, 0.6) is 0 Å². The maximum absolute atomic E-state index is 12.5. The topological polar surface area (TPSA) is 61.8 Å². The minimum atomic E-state index is -0.469. The molecule has 142 valence electrons.